The molecular weight excluding hydrogens is 403 g/mol. The van der Waals surface area contributed by atoms with Crippen LogP contribution >= 0.6 is 23.2 Å². The Balaban J connectivity index is 0.000000152. The highest BCUT2D eigenvalue weighted by atomic mass is 35.5. The van der Waals surface area contributed by atoms with Gasteiger partial charge < -0.3 is 10.6 Å². The van der Waals surface area contributed by atoms with Crippen LogP contribution in [0, 0.1) is 5.92 Å². The average Bonchev–Trinajstić information content (AvgIpc) is 2.75. The Labute approximate surface area is 183 Å². The first kappa shape index (κ1) is 20.7. The second kappa shape index (κ2) is 8.67. The van der Waals surface area contributed by atoms with Crippen LogP contribution in [0.5, 0.6) is 0 Å². The van der Waals surface area contributed by atoms with Gasteiger partial charge in [-0.1, -0.05) is 60.3 Å². The zero-order valence-electron chi connectivity index (χ0n) is 16.8. The van der Waals surface area contributed by atoms with Gasteiger partial charge in [-0.25, -0.2) is 0 Å². The summed E-state index contributed by atoms with van der Waals surface area (Å²) in [5, 5.41) is 7.11. The molecule has 1 aliphatic heterocycles. The monoisotopic (exact) mass is 430 g/mol. The van der Waals surface area contributed by atoms with Gasteiger partial charge in [0.2, 0.25) is 0 Å². The summed E-state index contributed by atoms with van der Waals surface area (Å²) < 4.78 is 0. The Morgan fingerprint density at radius 1 is 1.10 bits per heavy atom. The Morgan fingerprint density at radius 2 is 1.93 bits per heavy atom. The van der Waals surface area contributed by atoms with Gasteiger partial charge in [0, 0.05) is 24.1 Å². The maximum absolute atomic E-state index is 11.1. The lowest BCUT2D eigenvalue weighted by molar-refractivity contribution is 0.0798. The summed E-state index contributed by atoms with van der Waals surface area (Å²) in [6.45, 7) is 1.23. The molecule has 2 aromatic carbocycles. The predicted molar refractivity (Wildman–Crippen MR) is 120 cm³/mol. The van der Waals surface area contributed by atoms with Crippen molar-refractivity contribution in [1.82, 2.24) is 10.6 Å². The number of halogens is 2. The second-order valence-corrected chi connectivity index (χ2v) is 9.20. The van der Waals surface area contributed by atoms with Crippen molar-refractivity contribution in [1.29, 1.82) is 0 Å². The lowest BCUT2D eigenvalue weighted by atomic mass is 9.53. The molecule has 0 radical (unpaired) electrons. The highest BCUT2D eigenvalue weighted by Gasteiger charge is 2.51. The first-order valence-corrected chi connectivity index (χ1v) is 11.3. The molecule has 1 saturated heterocycles. The SMILES string of the molecule is CNC(=O)c1ccc(Cl)c(Cl)c1.c1ccc2c(c1)C[C@H]1NCC[C@@]23CCCC[C@@H]13. The lowest BCUT2D eigenvalue weighted by Gasteiger charge is -2.56. The molecule has 3 nitrogen and oxygen atoms in total. The highest BCUT2D eigenvalue weighted by molar-refractivity contribution is 6.42. The van der Waals surface area contributed by atoms with Crippen molar-refractivity contribution in [3.8, 4) is 0 Å². The van der Waals surface area contributed by atoms with Gasteiger partial charge in [0.15, 0.2) is 0 Å². The van der Waals surface area contributed by atoms with Crippen LogP contribution in [0.4, 0.5) is 0 Å². The molecule has 5 rings (SSSR count). The number of benzene rings is 2. The van der Waals surface area contributed by atoms with E-state index in [1.54, 1.807) is 30.3 Å². The quantitative estimate of drug-likeness (QED) is 0.636. The van der Waals surface area contributed by atoms with Crippen molar-refractivity contribution in [2.75, 3.05) is 13.6 Å². The summed E-state index contributed by atoms with van der Waals surface area (Å²) in [6, 6.07) is 14.8. The Morgan fingerprint density at radius 3 is 2.72 bits per heavy atom. The topological polar surface area (TPSA) is 41.1 Å². The van der Waals surface area contributed by atoms with Gasteiger partial charge in [-0.15, -0.1) is 0 Å². The number of amides is 1. The molecule has 3 aliphatic rings. The molecule has 2 N–H and O–H groups in total. The van der Waals surface area contributed by atoms with Gasteiger partial charge in [0.1, 0.15) is 0 Å². The van der Waals surface area contributed by atoms with Crippen molar-refractivity contribution in [3.05, 3.63) is 69.2 Å². The van der Waals surface area contributed by atoms with Gasteiger partial charge in [-0.2, -0.15) is 0 Å². The fraction of sp³-hybridized carbons (Fsp3) is 0.458. The molecule has 1 heterocycles. The largest absolute Gasteiger partial charge is 0.355 e. The molecule has 29 heavy (non-hydrogen) atoms. The third kappa shape index (κ3) is 3.93. The average molecular weight is 431 g/mol. The third-order valence-corrected chi connectivity index (χ3v) is 7.70. The summed E-state index contributed by atoms with van der Waals surface area (Å²) >= 11 is 11.4. The molecule has 2 bridgehead atoms. The predicted octanol–water partition coefficient (Wildman–Crippen LogP) is 5.39. The zero-order valence-corrected chi connectivity index (χ0v) is 18.3. The van der Waals surface area contributed by atoms with E-state index in [4.69, 9.17) is 23.2 Å². The Kier molecular flexibility index (Phi) is 6.19. The number of piperidine rings is 1. The molecule has 0 unspecified atom stereocenters. The van der Waals surface area contributed by atoms with Crippen molar-refractivity contribution in [3.63, 3.8) is 0 Å². The van der Waals surface area contributed by atoms with E-state index in [1.807, 2.05) is 0 Å². The molecule has 2 aliphatic carbocycles. The van der Waals surface area contributed by atoms with Crippen LogP contribution in [0.1, 0.15) is 53.6 Å². The van der Waals surface area contributed by atoms with Crippen molar-refractivity contribution in [2.45, 2.75) is 50.0 Å². The van der Waals surface area contributed by atoms with Crippen LogP contribution < -0.4 is 10.6 Å². The molecule has 5 heteroatoms. The van der Waals surface area contributed by atoms with E-state index < -0.39 is 0 Å². The van der Waals surface area contributed by atoms with E-state index in [0.29, 0.717) is 21.0 Å². The molecule has 2 fully saturated rings. The number of carbonyl (C=O) groups excluding carboxylic acids is 1. The third-order valence-electron chi connectivity index (χ3n) is 6.96. The zero-order chi connectivity index (χ0) is 20.4. The van der Waals surface area contributed by atoms with Crippen molar-refractivity contribution < 1.29 is 4.79 Å². The van der Waals surface area contributed by atoms with E-state index >= 15 is 0 Å². The molecule has 1 amide bonds. The minimum absolute atomic E-state index is 0.173. The summed E-state index contributed by atoms with van der Waals surface area (Å²) in [7, 11) is 1.56. The van der Waals surface area contributed by atoms with Crippen LogP contribution in [-0.2, 0) is 11.8 Å². The minimum Gasteiger partial charge on any atom is -0.355 e. The van der Waals surface area contributed by atoms with Gasteiger partial charge >= 0.3 is 0 Å². The number of hydrogen-bond acceptors (Lipinski definition) is 2. The smallest absolute Gasteiger partial charge is 0.251 e. The summed E-state index contributed by atoms with van der Waals surface area (Å²) in [6.07, 6.45) is 8.41. The first-order valence-electron chi connectivity index (χ1n) is 10.5. The highest BCUT2D eigenvalue weighted by Crippen LogP contribution is 2.53. The van der Waals surface area contributed by atoms with Crippen molar-refractivity contribution in [2.24, 2.45) is 5.92 Å². The van der Waals surface area contributed by atoms with E-state index in [9.17, 15) is 4.79 Å². The van der Waals surface area contributed by atoms with E-state index in [0.717, 1.165) is 12.0 Å². The normalized spacial score (nSPS) is 27.0. The fourth-order valence-electron chi connectivity index (χ4n) is 5.67. The Hall–Kier alpha value is -1.55. The molecule has 3 atom stereocenters. The van der Waals surface area contributed by atoms with Gasteiger partial charge in [0.25, 0.3) is 5.91 Å². The molecule has 0 aromatic heterocycles. The van der Waals surface area contributed by atoms with Crippen molar-refractivity contribution >= 4 is 29.1 Å². The fourth-order valence-corrected chi connectivity index (χ4v) is 5.97. The molecule has 154 valence electrons. The van der Waals surface area contributed by atoms with Crippen LogP contribution in [-0.4, -0.2) is 25.5 Å². The summed E-state index contributed by atoms with van der Waals surface area (Å²) in [4.78, 5) is 11.1. The van der Waals surface area contributed by atoms with Crippen LogP contribution in [0.25, 0.3) is 0 Å². The number of nitrogens with one attached hydrogen (secondary N) is 2. The number of hydrogen-bond donors (Lipinski definition) is 2. The molecule has 0 spiro atoms. The summed E-state index contributed by atoms with van der Waals surface area (Å²) in [5.41, 5.74) is 4.39. The van der Waals surface area contributed by atoms with Gasteiger partial charge in [-0.05, 0) is 67.5 Å². The molecule has 1 saturated carbocycles. The minimum atomic E-state index is -0.173. The maximum Gasteiger partial charge on any atom is 0.251 e. The lowest BCUT2D eigenvalue weighted by Crippen LogP contribution is -2.59. The second-order valence-electron chi connectivity index (χ2n) is 8.39. The molecule has 2 aromatic rings. The van der Waals surface area contributed by atoms with E-state index in [-0.39, 0.29) is 5.91 Å². The van der Waals surface area contributed by atoms with Gasteiger partial charge in [-0.3, -0.25) is 4.79 Å². The standard InChI is InChI=1S/C16H21N.C8H7Cl2NO/c1-2-6-13-12(5-1)11-15-14-7-3-4-8-16(13,14)9-10-17-15;1-11-8(12)5-2-3-6(9)7(10)4-5/h1-2,5-6,14-15,17H,3-4,7-11H2;2-4H,1H3,(H,11,12)/t14-,15+,16-;/m0./s1. The maximum atomic E-state index is 11.1. The Bertz CT molecular complexity index is 896. The van der Waals surface area contributed by atoms with E-state index in [1.165, 1.54) is 51.1 Å². The van der Waals surface area contributed by atoms with E-state index in [2.05, 4.69) is 34.9 Å². The van der Waals surface area contributed by atoms with Gasteiger partial charge in [0.05, 0.1) is 10.0 Å². The van der Waals surface area contributed by atoms with Crippen LogP contribution in [0.15, 0.2) is 42.5 Å². The number of fused-ring (bicyclic) bond motifs is 1. The molecular formula is C24H28Cl2N2O. The number of carbonyl (C=O) groups is 1. The van der Waals surface area contributed by atoms with Crippen LogP contribution in [0.3, 0.4) is 0 Å². The first-order chi connectivity index (χ1) is 14.0. The summed E-state index contributed by atoms with van der Waals surface area (Å²) in [5.74, 6) is 0.744. The number of rotatable bonds is 1. The van der Waals surface area contributed by atoms with Crippen LogP contribution in [0.2, 0.25) is 10.0 Å².